The highest BCUT2D eigenvalue weighted by Crippen LogP contribution is 2.29. The first kappa shape index (κ1) is 22.9. The van der Waals surface area contributed by atoms with Crippen LogP contribution in [0.4, 0.5) is 15.8 Å². The van der Waals surface area contributed by atoms with Crippen LogP contribution in [0.25, 0.3) is 11.0 Å². The largest absolute Gasteiger partial charge is 0.324 e. The summed E-state index contributed by atoms with van der Waals surface area (Å²) in [6.45, 7) is -0.122. The third-order valence-electron chi connectivity index (χ3n) is 5.74. The van der Waals surface area contributed by atoms with Crippen LogP contribution < -0.4 is 10.2 Å². The zero-order valence-corrected chi connectivity index (χ0v) is 19.2. The Kier molecular flexibility index (Phi) is 6.48. The first-order chi connectivity index (χ1) is 17.6. The van der Waals surface area contributed by atoms with Crippen molar-refractivity contribution < 1.29 is 14.0 Å². The highest BCUT2D eigenvalue weighted by Gasteiger charge is 2.33. The van der Waals surface area contributed by atoms with Crippen LogP contribution in [0.5, 0.6) is 0 Å². The molecule has 0 saturated carbocycles. The minimum absolute atomic E-state index is 0.122. The number of halogens is 1. The Bertz CT molecular complexity index is 1490. The number of carbonyl (C=O) groups excluding carboxylic acids is 2. The standard InChI is InChI=1S/C28H22FN5O2/c29-21-15-17-22(18-16-21)30-28(36)27(20-9-3-1-4-10-20)34(23-11-5-2-6-12-23)26(35)19-33-25-14-8-7-13-24(25)31-32-33/h1-18,27H,19H2,(H,30,36)/t27-/m0/s1. The minimum atomic E-state index is -0.999. The number of anilines is 2. The summed E-state index contributed by atoms with van der Waals surface area (Å²) in [6.07, 6.45) is 0. The van der Waals surface area contributed by atoms with Gasteiger partial charge >= 0.3 is 0 Å². The molecule has 1 N–H and O–H groups in total. The zero-order chi connectivity index (χ0) is 24.9. The summed E-state index contributed by atoms with van der Waals surface area (Å²) in [5, 5.41) is 11.1. The van der Waals surface area contributed by atoms with Crippen LogP contribution in [0.15, 0.2) is 109 Å². The van der Waals surface area contributed by atoms with E-state index in [1.807, 2.05) is 48.5 Å². The lowest BCUT2D eigenvalue weighted by molar-refractivity contribution is -0.124. The van der Waals surface area contributed by atoms with Crippen LogP contribution in [0.2, 0.25) is 0 Å². The summed E-state index contributed by atoms with van der Waals surface area (Å²) < 4.78 is 14.9. The van der Waals surface area contributed by atoms with E-state index in [0.717, 1.165) is 0 Å². The molecule has 1 atom stereocenters. The van der Waals surface area contributed by atoms with Gasteiger partial charge in [-0.05, 0) is 54.1 Å². The quantitative estimate of drug-likeness (QED) is 0.357. The number of amides is 2. The number of aromatic nitrogens is 3. The molecular formula is C28H22FN5O2. The van der Waals surface area contributed by atoms with Gasteiger partial charge in [0.25, 0.3) is 5.91 Å². The lowest BCUT2D eigenvalue weighted by atomic mass is 10.0. The Labute approximate surface area is 206 Å². The van der Waals surface area contributed by atoms with Crippen molar-refractivity contribution in [3.05, 3.63) is 121 Å². The topological polar surface area (TPSA) is 80.1 Å². The molecule has 5 aromatic rings. The van der Waals surface area contributed by atoms with Gasteiger partial charge in [0.2, 0.25) is 5.91 Å². The van der Waals surface area contributed by atoms with Crippen LogP contribution in [-0.2, 0) is 16.1 Å². The van der Waals surface area contributed by atoms with Crippen LogP contribution in [0.1, 0.15) is 11.6 Å². The average Bonchev–Trinajstić information content (AvgIpc) is 3.32. The summed E-state index contributed by atoms with van der Waals surface area (Å²) in [6, 6.07) is 29.9. The number of hydrogen-bond acceptors (Lipinski definition) is 4. The van der Waals surface area contributed by atoms with Gasteiger partial charge in [-0.2, -0.15) is 0 Å². The molecule has 0 spiro atoms. The van der Waals surface area contributed by atoms with Crippen LogP contribution in [0.3, 0.4) is 0 Å². The molecule has 7 nitrogen and oxygen atoms in total. The van der Waals surface area contributed by atoms with E-state index in [1.165, 1.54) is 33.8 Å². The van der Waals surface area contributed by atoms with Crippen molar-refractivity contribution in [1.29, 1.82) is 0 Å². The van der Waals surface area contributed by atoms with E-state index >= 15 is 0 Å². The summed E-state index contributed by atoms with van der Waals surface area (Å²) in [5.41, 5.74) is 2.98. The molecule has 8 heteroatoms. The molecule has 0 aliphatic rings. The minimum Gasteiger partial charge on any atom is -0.324 e. The van der Waals surface area contributed by atoms with Gasteiger partial charge in [-0.25, -0.2) is 9.07 Å². The van der Waals surface area contributed by atoms with Crippen molar-refractivity contribution in [2.45, 2.75) is 12.6 Å². The number of carbonyl (C=O) groups is 2. The van der Waals surface area contributed by atoms with Crippen molar-refractivity contribution in [1.82, 2.24) is 15.0 Å². The Balaban J connectivity index is 1.56. The molecule has 0 radical (unpaired) electrons. The fourth-order valence-electron chi connectivity index (χ4n) is 4.06. The molecule has 0 aliphatic carbocycles. The molecular weight excluding hydrogens is 457 g/mol. The molecule has 4 aromatic carbocycles. The lowest BCUT2D eigenvalue weighted by Crippen LogP contribution is -2.43. The molecule has 5 rings (SSSR count). The first-order valence-corrected chi connectivity index (χ1v) is 11.4. The molecule has 178 valence electrons. The second-order valence-corrected chi connectivity index (χ2v) is 8.14. The lowest BCUT2D eigenvalue weighted by Gasteiger charge is -2.31. The fourth-order valence-corrected chi connectivity index (χ4v) is 4.06. The van der Waals surface area contributed by atoms with Crippen molar-refractivity contribution in [3.8, 4) is 0 Å². The summed E-state index contributed by atoms with van der Waals surface area (Å²) in [5.74, 6) is -1.19. The Morgan fingerprint density at radius 2 is 1.47 bits per heavy atom. The number of para-hydroxylation sites is 2. The van der Waals surface area contributed by atoms with Crippen LogP contribution in [-0.4, -0.2) is 26.8 Å². The van der Waals surface area contributed by atoms with Gasteiger partial charge in [-0.1, -0.05) is 65.9 Å². The van der Waals surface area contributed by atoms with Gasteiger partial charge in [0.1, 0.15) is 23.9 Å². The predicted octanol–water partition coefficient (Wildman–Crippen LogP) is 4.98. The second-order valence-electron chi connectivity index (χ2n) is 8.14. The Morgan fingerprint density at radius 1 is 0.833 bits per heavy atom. The van der Waals surface area contributed by atoms with E-state index in [4.69, 9.17) is 0 Å². The van der Waals surface area contributed by atoms with Crippen molar-refractivity contribution in [2.24, 2.45) is 0 Å². The first-order valence-electron chi connectivity index (χ1n) is 11.4. The summed E-state index contributed by atoms with van der Waals surface area (Å²) in [7, 11) is 0. The van der Waals surface area contributed by atoms with Crippen molar-refractivity contribution in [3.63, 3.8) is 0 Å². The van der Waals surface area contributed by atoms with E-state index in [9.17, 15) is 14.0 Å². The van der Waals surface area contributed by atoms with E-state index in [0.29, 0.717) is 28.0 Å². The number of nitrogens with zero attached hydrogens (tertiary/aromatic N) is 4. The van der Waals surface area contributed by atoms with E-state index in [-0.39, 0.29) is 12.5 Å². The highest BCUT2D eigenvalue weighted by atomic mass is 19.1. The van der Waals surface area contributed by atoms with Gasteiger partial charge in [0.05, 0.1) is 5.52 Å². The predicted molar refractivity (Wildman–Crippen MR) is 136 cm³/mol. The zero-order valence-electron chi connectivity index (χ0n) is 19.2. The Morgan fingerprint density at radius 3 is 2.19 bits per heavy atom. The molecule has 0 unspecified atom stereocenters. The van der Waals surface area contributed by atoms with Crippen molar-refractivity contribution >= 4 is 34.2 Å². The van der Waals surface area contributed by atoms with Crippen molar-refractivity contribution in [2.75, 3.05) is 10.2 Å². The monoisotopic (exact) mass is 479 g/mol. The van der Waals surface area contributed by atoms with Gasteiger partial charge < -0.3 is 5.32 Å². The number of benzene rings is 4. The summed E-state index contributed by atoms with van der Waals surface area (Å²) in [4.78, 5) is 29.0. The molecule has 2 amide bonds. The van der Waals surface area contributed by atoms with E-state index in [1.54, 1.807) is 36.4 Å². The molecule has 1 aromatic heterocycles. The second kappa shape index (κ2) is 10.2. The van der Waals surface area contributed by atoms with Gasteiger partial charge in [0.15, 0.2) is 0 Å². The molecule has 0 fully saturated rings. The number of hydrogen-bond donors (Lipinski definition) is 1. The van der Waals surface area contributed by atoms with Crippen LogP contribution >= 0.6 is 0 Å². The van der Waals surface area contributed by atoms with Gasteiger partial charge in [-0.15, -0.1) is 5.10 Å². The van der Waals surface area contributed by atoms with Crippen LogP contribution in [0, 0.1) is 5.82 Å². The molecule has 0 aliphatic heterocycles. The maximum Gasteiger partial charge on any atom is 0.252 e. The number of fused-ring (bicyclic) bond motifs is 1. The molecule has 0 bridgehead atoms. The Hall–Kier alpha value is -4.85. The SMILES string of the molecule is O=C(Nc1ccc(F)cc1)[C@H](c1ccccc1)N(C(=O)Cn1nnc2ccccc21)c1ccccc1. The maximum absolute atomic E-state index is 13.9. The average molecular weight is 480 g/mol. The molecule has 1 heterocycles. The van der Waals surface area contributed by atoms with Gasteiger partial charge in [0, 0.05) is 11.4 Å². The molecule has 0 saturated heterocycles. The van der Waals surface area contributed by atoms with E-state index < -0.39 is 17.8 Å². The van der Waals surface area contributed by atoms with Gasteiger partial charge in [-0.3, -0.25) is 14.5 Å². The molecule has 36 heavy (non-hydrogen) atoms. The summed E-state index contributed by atoms with van der Waals surface area (Å²) >= 11 is 0. The normalized spacial score (nSPS) is 11.7. The fraction of sp³-hybridized carbons (Fsp3) is 0.0714. The third-order valence-corrected chi connectivity index (χ3v) is 5.74. The third kappa shape index (κ3) is 4.83. The smallest absolute Gasteiger partial charge is 0.252 e. The maximum atomic E-state index is 13.9. The number of nitrogens with one attached hydrogen (secondary N) is 1. The highest BCUT2D eigenvalue weighted by molar-refractivity contribution is 6.05. The van der Waals surface area contributed by atoms with E-state index in [2.05, 4.69) is 15.6 Å². The number of rotatable bonds is 7.